The molecule has 0 radical (unpaired) electrons. The Morgan fingerprint density at radius 1 is 1.24 bits per heavy atom. The third-order valence-corrected chi connectivity index (χ3v) is 6.15. The molecule has 0 aliphatic heterocycles. The van der Waals surface area contributed by atoms with E-state index < -0.39 is 0 Å². The Labute approximate surface area is 137 Å². The van der Waals surface area contributed by atoms with E-state index >= 15 is 0 Å². The van der Waals surface area contributed by atoms with Gasteiger partial charge in [0.25, 0.3) is 0 Å². The molecule has 2 aromatic rings. The van der Waals surface area contributed by atoms with Crippen LogP contribution in [0.25, 0.3) is 10.9 Å². The van der Waals surface area contributed by atoms with Crippen molar-refractivity contribution in [2.75, 3.05) is 11.5 Å². The van der Waals surface area contributed by atoms with Gasteiger partial charge in [-0.1, -0.05) is 41.5 Å². The summed E-state index contributed by atoms with van der Waals surface area (Å²) in [4.78, 5) is 8.27. The van der Waals surface area contributed by atoms with E-state index in [4.69, 9.17) is 16.2 Å². The molecule has 1 aromatic carbocycles. The molecule has 6 heteroatoms. The van der Waals surface area contributed by atoms with Crippen molar-refractivity contribution in [3.63, 3.8) is 0 Å². The van der Waals surface area contributed by atoms with Crippen molar-refractivity contribution < 1.29 is 4.74 Å². The minimum Gasteiger partial charge on any atom is -0.488 e. The quantitative estimate of drug-likeness (QED) is 0.612. The highest BCUT2D eigenvalue weighted by Crippen LogP contribution is 2.43. The molecule has 0 saturated heterocycles. The largest absolute Gasteiger partial charge is 0.488 e. The fraction of sp³-hybridized carbons (Fsp3) is 0.467. The van der Waals surface area contributed by atoms with E-state index in [-0.39, 0.29) is 15.5 Å². The van der Waals surface area contributed by atoms with E-state index in [1.807, 2.05) is 18.2 Å². The number of halogens is 1. The second kappa shape index (κ2) is 5.47. The van der Waals surface area contributed by atoms with Crippen LogP contribution >= 0.6 is 22.6 Å². The van der Waals surface area contributed by atoms with Gasteiger partial charge in [0.1, 0.15) is 17.7 Å². The van der Waals surface area contributed by atoms with Gasteiger partial charge in [0.05, 0.1) is 14.3 Å². The molecule has 1 fully saturated rings. The number of nitrogens with two attached hydrogens (primary N) is 2. The molecule has 21 heavy (non-hydrogen) atoms. The Balaban J connectivity index is 1.97. The number of nitrogen functional groups attached to an aromatic ring is 2. The van der Waals surface area contributed by atoms with Crippen molar-refractivity contribution in [2.24, 2.45) is 0 Å². The highest BCUT2D eigenvalue weighted by atomic mass is 127. The summed E-state index contributed by atoms with van der Waals surface area (Å²) in [6.07, 6.45) is 5.04. The molecule has 5 nitrogen and oxygen atoms in total. The molecule has 0 spiro atoms. The van der Waals surface area contributed by atoms with Gasteiger partial charge >= 0.3 is 0 Å². The zero-order chi connectivity index (χ0) is 15.0. The predicted molar refractivity (Wildman–Crippen MR) is 93.7 cm³/mol. The van der Waals surface area contributed by atoms with Crippen molar-refractivity contribution in [1.29, 1.82) is 0 Å². The molecule has 1 aliphatic carbocycles. The second-order valence-corrected chi connectivity index (χ2v) is 7.77. The molecule has 3 rings (SSSR count). The molecule has 4 N–H and O–H groups in total. The van der Waals surface area contributed by atoms with Crippen molar-refractivity contribution in [1.82, 2.24) is 9.97 Å². The molecule has 0 bridgehead atoms. The molecular formula is C15H19IN4O. The van der Waals surface area contributed by atoms with Crippen molar-refractivity contribution in [3.05, 3.63) is 18.2 Å². The van der Waals surface area contributed by atoms with Gasteiger partial charge < -0.3 is 16.2 Å². The number of benzene rings is 1. The van der Waals surface area contributed by atoms with Crippen molar-refractivity contribution in [3.8, 4) is 5.75 Å². The molecule has 1 atom stereocenters. The third-order valence-electron chi connectivity index (χ3n) is 4.20. The molecular weight excluding hydrogens is 379 g/mol. The van der Waals surface area contributed by atoms with Gasteiger partial charge in [-0.2, -0.15) is 4.98 Å². The number of hydrogen-bond acceptors (Lipinski definition) is 5. The van der Waals surface area contributed by atoms with Crippen LogP contribution in [-0.2, 0) is 0 Å². The molecule has 1 aliphatic rings. The number of nitrogens with zero attached hydrogens (tertiary/aromatic N) is 2. The lowest BCUT2D eigenvalue weighted by atomic mass is 10.0. The number of fused-ring (bicyclic) bond motifs is 1. The first-order chi connectivity index (χ1) is 9.99. The highest BCUT2D eigenvalue weighted by molar-refractivity contribution is 14.1. The summed E-state index contributed by atoms with van der Waals surface area (Å²) in [5.74, 6) is 1.29. The van der Waals surface area contributed by atoms with Crippen LogP contribution in [0.4, 0.5) is 11.8 Å². The first-order valence-electron chi connectivity index (χ1n) is 7.17. The fourth-order valence-electron chi connectivity index (χ4n) is 2.96. The maximum Gasteiger partial charge on any atom is 0.222 e. The Kier molecular flexibility index (Phi) is 3.81. The normalized spacial score (nSPS) is 18.8. The molecule has 112 valence electrons. The molecule has 1 saturated carbocycles. The summed E-state index contributed by atoms with van der Waals surface area (Å²) < 4.78 is 6.42. The lowest BCUT2D eigenvalue weighted by Gasteiger charge is -2.30. The Morgan fingerprint density at radius 3 is 2.67 bits per heavy atom. The number of hydrogen-bond donors (Lipinski definition) is 2. The average molecular weight is 398 g/mol. The summed E-state index contributed by atoms with van der Waals surface area (Å²) in [5.41, 5.74) is 12.4. The molecule has 1 aromatic heterocycles. The van der Waals surface area contributed by atoms with E-state index in [1.165, 1.54) is 25.7 Å². The molecule has 1 unspecified atom stereocenters. The van der Waals surface area contributed by atoms with Crippen LogP contribution in [0.3, 0.4) is 0 Å². The molecule has 1 heterocycles. The van der Waals surface area contributed by atoms with Gasteiger partial charge in [-0.15, -0.1) is 0 Å². The monoisotopic (exact) mass is 398 g/mol. The smallest absolute Gasteiger partial charge is 0.222 e. The summed E-state index contributed by atoms with van der Waals surface area (Å²) in [6.45, 7) is 2.13. The predicted octanol–water partition coefficient (Wildman–Crippen LogP) is 3.31. The Hall–Kier alpha value is -1.31. The van der Waals surface area contributed by atoms with E-state index in [9.17, 15) is 0 Å². The third kappa shape index (κ3) is 2.73. The van der Waals surface area contributed by atoms with Crippen LogP contribution in [0, 0.1) is 0 Å². The van der Waals surface area contributed by atoms with Crippen LogP contribution in [0.15, 0.2) is 18.2 Å². The minimum absolute atomic E-state index is 0.114. The summed E-state index contributed by atoms with van der Waals surface area (Å²) in [5, 5.41) is 0.747. The lowest BCUT2D eigenvalue weighted by Crippen LogP contribution is -2.35. The number of ether oxygens (including phenoxy) is 1. The van der Waals surface area contributed by atoms with Gasteiger partial charge in [-0.3, -0.25) is 0 Å². The highest BCUT2D eigenvalue weighted by Gasteiger charge is 2.38. The Morgan fingerprint density at radius 2 is 1.95 bits per heavy atom. The maximum atomic E-state index is 6.23. The van der Waals surface area contributed by atoms with Crippen molar-refractivity contribution in [2.45, 2.75) is 42.1 Å². The topological polar surface area (TPSA) is 87.0 Å². The summed E-state index contributed by atoms with van der Waals surface area (Å²) in [6, 6.07) is 5.70. The van der Waals surface area contributed by atoms with Gasteiger partial charge in [0.2, 0.25) is 5.95 Å². The van der Waals surface area contributed by atoms with E-state index in [2.05, 4.69) is 39.5 Å². The second-order valence-electron chi connectivity index (χ2n) is 5.62. The van der Waals surface area contributed by atoms with Gasteiger partial charge in [0.15, 0.2) is 0 Å². The van der Waals surface area contributed by atoms with Gasteiger partial charge in [0, 0.05) is 0 Å². The van der Waals surface area contributed by atoms with Gasteiger partial charge in [-0.25, -0.2) is 4.98 Å². The van der Waals surface area contributed by atoms with Gasteiger partial charge in [-0.05, 0) is 31.9 Å². The standard InChI is InChI=1S/C15H19IN4O/c1-9(15(16)7-2-3-8-15)21-11-6-4-5-10-12(11)13(17)20-14(18)19-10/h4-6,9H,2-3,7-8H2,1H3,(H4,17,18,19,20). The SMILES string of the molecule is CC(Oc1cccc2nc(N)nc(N)c12)C1(I)CCCC1. The van der Waals surface area contributed by atoms with Crippen LogP contribution in [0.2, 0.25) is 0 Å². The first-order valence-corrected chi connectivity index (χ1v) is 8.25. The van der Waals surface area contributed by atoms with Crippen LogP contribution in [0.5, 0.6) is 5.75 Å². The zero-order valence-corrected chi connectivity index (χ0v) is 14.1. The number of rotatable bonds is 3. The number of anilines is 2. The lowest BCUT2D eigenvalue weighted by molar-refractivity contribution is 0.184. The number of aromatic nitrogens is 2. The van der Waals surface area contributed by atoms with E-state index in [1.54, 1.807) is 0 Å². The van der Waals surface area contributed by atoms with E-state index in [0.29, 0.717) is 5.82 Å². The average Bonchev–Trinajstić information content (AvgIpc) is 2.86. The van der Waals surface area contributed by atoms with Crippen molar-refractivity contribution >= 4 is 45.3 Å². The number of alkyl halides is 1. The van der Waals surface area contributed by atoms with Crippen LogP contribution < -0.4 is 16.2 Å². The summed E-state index contributed by atoms with van der Waals surface area (Å²) >= 11 is 2.55. The fourth-order valence-corrected chi connectivity index (χ4v) is 3.85. The molecule has 0 amide bonds. The van der Waals surface area contributed by atoms with Crippen LogP contribution in [0.1, 0.15) is 32.6 Å². The zero-order valence-electron chi connectivity index (χ0n) is 12.0. The maximum absolute atomic E-state index is 6.23. The van der Waals surface area contributed by atoms with E-state index in [0.717, 1.165) is 16.7 Å². The summed E-state index contributed by atoms with van der Waals surface area (Å²) in [7, 11) is 0. The minimum atomic E-state index is 0.114. The Bertz CT molecular complexity index is 670. The first kappa shape index (κ1) is 14.6. The van der Waals surface area contributed by atoms with Crippen LogP contribution in [-0.4, -0.2) is 19.5 Å².